The quantitative estimate of drug-likeness (QED) is 0.598. The molecule has 146 valence electrons. The summed E-state index contributed by atoms with van der Waals surface area (Å²) in [4.78, 5) is 49.4. The first-order chi connectivity index (χ1) is 12.7. The van der Waals surface area contributed by atoms with Gasteiger partial charge in [-0.05, 0) is 25.3 Å². The number of benzene rings is 1. The van der Waals surface area contributed by atoms with Crippen molar-refractivity contribution in [1.82, 2.24) is 15.1 Å². The summed E-state index contributed by atoms with van der Waals surface area (Å²) in [5.74, 6) is -3.17. The van der Waals surface area contributed by atoms with Crippen molar-refractivity contribution in [2.75, 3.05) is 13.6 Å². The summed E-state index contributed by atoms with van der Waals surface area (Å²) < 4.78 is 0. The van der Waals surface area contributed by atoms with Crippen molar-refractivity contribution in [3.63, 3.8) is 0 Å². The molecule has 3 N–H and O–H groups in total. The summed E-state index contributed by atoms with van der Waals surface area (Å²) in [6.07, 6.45) is 0.738. The number of hydrogen-bond acceptors (Lipinski definition) is 5. The minimum atomic E-state index is -1.29. The number of carboxylic acids is 2. The first-order valence-corrected chi connectivity index (χ1v) is 8.56. The maximum Gasteiger partial charge on any atom is 0.328 e. The molecule has 2 rings (SSSR count). The van der Waals surface area contributed by atoms with E-state index in [1.807, 2.05) is 30.3 Å². The number of urea groups is 1. The molecule has 0 bridgehead atoms. The summed E-state index contributed by atoms with van der Waals surface area (Å²) >= 11 is 0. The summed E-state index contributed by atoms with van der Waals surface area (Å²) in [7, 11) is 1.41. The lowest BCUT2D eigenvalue weighted by Crippen LogP contribution is -2.54. The summed E-state index contributed by atoms with van der Waals surface area (Å²) in [6.45, 7) is 1.31. The minimum absolute atomic E-state index is 0.108. The average Bonchev–Trinajstić information content (AvgIpc) is 2.93. The largest absolute Gasteiger partial charge is 0.480 e. The average molecular weight is 377 g/mol. The number of aliphatic carboxylic acids is 2. The third-order valence-corrected chi connectivity index (χ3v) is 4.50. The molecule has 1 aromatic rings. The van der Waals surface area contributed by atoms with Gasteiger partial charge in [-0.15, -0.1) is 0 Å². The summed E-state index contributed by atoms with van der Waals surface area (Å²) in [5.41, 5.74) is 0.965. The molecule has 0 unspecified atom stereocenters. The zero-order valence-corrected chi connectivity index (χ0v) is 15.2. The van der Waals surface area contributed by atoms with Gasteiger partial charge in [-0.3, -0.25) is 14.9 Å². The van der Waals surface area contributed by atoms with E-state index in [1.165, 1.54) is 14.0 Å². The van der Waals surface area contributed by atoms with Crippen LogP contribution in [0.5, 0.6) is 0 Å². The number of rotatable bonds is 8. The fourth-order valence-corrected chi connectivity index (χ4v) is 2.99. The van der Waals surface area contributed by atoms with Crippen molar-refractivity contribution in [3.8, 4) is 0 Å². The number of likely N-dealkylation sites (N-methyl/N-ethyl adjacent to an activating group) is 1. The number of carbonyl (C=O) groups is 4. The van der Waals surface area contributed by atoms with E-state index in [2.05, 4.69) is 5.32 Å². The van der Waals surface area contributed by atoms with Crippen molar-refractivity contribution < 1.29 is 29.4 Å². The van der Waals surface area contributed by atoms with E-state index >= 15 is 0 Å². The first kappa shape index (κ1) is 20.4. The third kappa shape index (κ3) is 4.82. The molecule has 27 heavy (non-hydrogen) atoms. The Morgan fingerprint density at radius 1 is 1.22 bits per heavy atom. The Morgan fingerprint density at radius 2 is 1.85 bits per heavy atom. The Labute approximate surface area is 156 Å². The predicted octanol–water partition coefficient (Wildman–Crippen LogP) is 0.398. The Balaban J connectivity index is 2.04. The van der Waals surface area contributed by atoms with Crippen molar-refractivity contribution in [1.29, 1.82) is 0 Å². The first-order valence-electron chi connectivity index (χ1n) is 8.56. The van der Waals surface area contributed by atoms with Crippen LogP contribution in [0.1, 0.15) is 18.9 Å². The molecule has 9 nitrogen and oxygen atoms in total. The van der Waals surface area contributed by atoms with Crippen LogP contribution in [0.3, 0.4) is 0 Å². The number of carbonyl (C=O) groups excluding carboxylic acids is 2. The lowest BCUT2D eigenvalue weighted by Gasteiger charge is -2.25. The van der Waals surface area contributed by atoms with E-state index in [-0.39, 0.29) is 13.0 Å². The highest BCUT2D eigenvalue weighted by atomic mass is 16.4. The zero-order chi connectivity index (χ0) is 20.1. The van der Waals surface area contributed by atoms with Gasteiger partial charge in [-0.1, -0.05) is 30.3 Å². The number of nitrogens with one attached hydrogen (secondary N) is 1. The second kappa shape index (κ2) is 8.63. The topological polar surface area (TPSA) is 127 Å². The van der Waals surface area contributed by atoms with Gasteiger partial charge in [-0.25, -0.2) is 14.5 Å². The van der Waals surface area contributed by atoms with Crippen LogP contribution < -0.4 is 5.32 Å². The SMILES string of the molecule is C[C@H](N[C@H](CCc1ccccc1)C(=O)O)C(=O)N1C(=O)N(C)C[C@H]1C(=O)O. The molecule has 0 radical (unpaired) electrons. The summed E-state index contributed by atoms with van der Waals surface area (Å²) in [6, 6.07) is 5.29. The molecule has 3 atom stereocenters. The van der Waals surface area contributed by atoms with Crippen LogP contribution in [0.4, 0.5) is 4.79 Å². The van der Waals surface area contributed by atoms with E-state index < -0.39 is 42.0 Å². The molecule has 9 heteroatoms. The monoisotopic (exact) mass is 377 g/mol. The lowest BCUT2D eigenvalue weighted by molar-refractivity contribution is -0.147. The van der Waals surface area contributed by atoms with Crippen LogP contribution in [0.15, 0.2) is 30.3 Å². The molecular formula is C18H23N3O6. The smallest absolute Gasteiger partial charge is 0.328 e. The highest BCUT2D eigenvalue weighted by molar-refractivity contribution is 6.02. The Hall–Kier alpha value is -2.94. The van der Waals surface area contributed by atoms with E-state index in [1.54, 1.807) is 0 Å². The van der Waals surface area contributed by atoms with Crippen molar-refractivity contribution in [2.24, 2.45) is 0 Å². The van der Waals surface area contributed by atoms with Gasteiger partial charge in [0.15, 0.2) is 6.04 Å². The molecule has 1 aromatic carbocycles. The second-order valence-electron chi connectivity index (χ2n) is 6.53. The third-order valence-electron chi connectivity index (χ3n) is 4.50. The second-order valence-corrected chi connectivity index (χ2v) is 6.53. The molecule has 0 aliphatic carbocycles. The van der Waals surface area contributed by atoms with Gasteiger partial charge < -0.3 is 15.1 Å². The molecule has 1 heterocycles. The minimum Gasteiger partial charge on any atom is -0.480 e. The van der Waals surface area contributed by atoms with Gasteiger partial charge in [0.05, 0.1) is 12.6 Å². The fraction of sp³-hybridized carbons (Fsp3) is 0.444. The summed E-state index contributed by atoms with van der Waals surface area (Å²) in [5, 5.41) is 21.4. The molecule has 0 spiro atoms. The van der Waals surface area contributed by atoms with Gasteiger partial charge in [0.1, 0.15) is 6.04 Å². The van der Waals surface area contributed by atoms with Crippen LogP contribution in [-0.4, -0.2) is 75.6 Å². The molecule has 1 aliphatic heterocycles. The van der Waals surface area contributed by atoms with Crippen LogP contribution in [0, 0.1) is 0 Å². The molecular weight excluding hydrogens is 354 g/mol. The van der Waals surface area contributed by atoms with Gasteiger partial charge in [0, 0.05) is 7.05 Å². The predicted molar refractivity (Wildman–Crippen MR) is 95.1 cm³/mol. The number of nitrogens with zero attached hydrogens (tertiary/aromatic N) is 2. The lowest BCUT2D eigenvalue weighted by atomic mass is 10.0. The number of aryl methyl sites for hydroxylation is 1. The van der Waals surface area contributed by atoms with Gasteiger partial charge >= 0.3 is 18.0 Å². The highest BCUT2D eigenvalue weighted by Crippen LogP contribution is 2.17. The van der Waals surface area contributed by atoms with E-state index in [9.17, 15) is 29.4 Å². The molecule has 0 saturated carbocycles. The zero-order valence-electron chi connectivity index (χ0n) is 15.2. The normalized spacial score (nSPS) is 19.0. The van der Waals surface area contributed by atoms with E-state index in [0.717, 1.165) is 10.5 Å². The van der Waals surface area contributed by atoms with Gasteiger partial charge in [0.25, 0.3) is 0 Å². The Kier molecular flexibility index (Phi) is 6.51. The number of carboxylic acid groups (broad SMARTS) is 2. The van der Waals surface area contributed by atoms with Crippen LogP contribution in [0.2, 0.25) is 0 Å². The molecule has 1 saturated heterocycles. The maximum atomic E-state index is 12.6. The number of amides is 3. The number of imide groups is 1. The highest BCUT2D eigenvalue weighted by Gasteiger charge is 2.45. The van der Waals surface area contributed by atoms with Crippen LogP contribution >= 0.6 is 0 Å². The molecule has 0 aromatic heterocycles. The van der Waals surface area contributed by atoms with Gasteiger partial charge in [-0.2, -0.15) is 0 Å². The van der Waals surface area contributed by atoms with Crippen molar-refractivity contribution in [3.05, 3.63) is 35.9 Å². The van der Waals surface area contributed by atoms with Crippen LogP contribution in [-0.2, 0) is 20.8 Å². The maximum absolute atomic E-state index is 12.6. The number of hydrogen-bond donors (Lipinski definition) is 3. The van der Waals surface area contributed by atoms with E-state index in [0.29, 0.717) is 11.3 Å². The molecule has 1 aliphatic rings. The van der Waals surface area contributed by atoms with Crippen molar-refractivity contribution >= 4 is 23.9 Å². The van der Waals surface area contributed by atoms with E-state index in [4.69, 9.17) is 0 Å². The van der Waals surface area contributed by atoms with Gasteiger partial charge in [0.2, 0.25) is 5.91 Å². The Bertz CT molecular complexity index is 723. The van der Waals surface area contributed by atoms with Crippen LogP contribution in [0.25, 0.3) is 0 Å². The molecule has 3 amide bonds. The Morgan fingerprint density at radius 3 is 2.41 bits per heavy atom. The fourth-order valence-electron chi connectivity index (χ4n) is 2.99. The van der Waals surface area contributed by atoms with Crippen molar-refractivity contribution in [2.45, 2.75) is 37.9 Å². The standard InChI is InChI=1S/C18H23N3O6/c1-11(15(22)21-14(17(25)26)10-20(2)18(21)27)19-13(16(23)24)9-8-12-6-4-3-5-7-12/h3-7,11,13-14,19H,8-10H2,1-2H3,(H,23,24)(H,25,26)/t11-,13+,14-/m0/s1. The molecule has 1 fully saturated rings.